The van der Waals surface area contributed by atoms with E-state index in [-0.39, 0.29) is 0 Å². The topological polar surface area (TPSA) is 37.3 Å². The molecule has 2 atom stereocenters. The van der Waals surface area contributed by atoms with Crippen LogP contribution in [0.3, 0.4) is 0 Å². The highest BCUT2D eigenvalue weighted by atomic mass is 16.4. The summed E-state index contributed by atoms with van der Waals surface area (Å²) in [5.74, 6) is 0.782. The van der Waals surface area contributed by atoms with Crippen molar-refractivity contribution in [3.8, 4) is 0 Å². The fraction of sp³-hybridized carbons (Fsp3) is 0.933. The van der Waals surface area contributed by atoms with Gasteiger partial charge in [-0.15, -0.1) is 0 Å². The average molecular weight is 240 g/mol. The number of aliphatic carboxylic acids is 1. The quantitative estimate of drug-likeness (QED) is 0.743. The Hall–Kier alpha value is -0.530. The van der Waals surface area contributed by atoms with Gasteiger partial charge in [0, 0.05) is 0 Å². The van der Waals surface area contributed by atoms with Gasteiger partial charge in [-0.05, 0) is 31.1 Å². The van der Waals surface area contributed by atoms with Crippen molar-refractivity contribution >= 4 is 5.97 Å². The molecule has 2 nitrogen and oxygen atoms in total. The minimum absolute atomic E-state index is 0.395. The third-order valence-electron chi connectivity index (χ3n) is 4.41. The van der Waals surface area contributed by atoms with Gasteiger partial charge in [0.1, 0.15) is 0 Å². The van der Waals surface area contributed by atoms with Crippen molar-refractivity contribution in [3.63, 3.8) is 0 Å². The van der Waals surface area contributed by atoms with E-state index in [1.165, 1.54) is 6.42 Å². The van der Waals surface area contributed by atoms with E-state index in [1.807, 2.05) is 0 Å². The standard InChI is InChI=1S/C15H28O2/c1-4-13-8-6-10-15(11-13,14(16)17)9-5-7-12(2)3/h12-13H,4-11H2,1-3H3,(H,16,17). The van der Waals surface area contributed by atoms with E-state index in [0.717, 1.165) is 44.9 Å². The fourth-order valence-corrected chi connectivity index (χ4v) is 3.21. The second-order valence-electron chi connectivity index (χ2n) is 6.24. The van der Waals surface area contributed by atoms with Crippen LogP contribution < -0.4 is 0 Å². The molecule has 0 spiro atoms. The highest BCUT2D eigenvalue weighted by Gasteiger charge is 2.41. The molecular formula is C15H28O2. The SMILES string of the molecule is CCC1CCCC(CCCC(C)C)(C(=O)O)C1. The minimum atomic E-state index is -0.542. The third-order valence-corrected chi connectivity index (χ3v) is 4.41. The second kappa shape index (κ2) is 6.42. The summed E-state index contributed by atoms with van der Waals surface area (Å²) in [6.07, 6.45) is 8.40. The molecule has 0 aromatic heterocycles. The van der Waals surface area contributed by atoms with E-state index in [0.29, 0.717) is 11.8 Å². The van der Waals surface area contributed by atoms with Gasteiger partial charge in [-0.2, -0.15) is 0 Å². The van der Waals surface area contributed by atoms with Gasteiger partial charge >= 0.3 is 5.97 Å². The molecule has 0 amide bonds. The van der Waals surface area contributed by atoms with Gasteiger partial charge in [0.2, 0.25) is 0 Å². The summed E-state index contributed by atoms with van der Waals surface area (Å²) in [6, 6.07) is 0. The van der Waals surface area contributed by atoms with Crippen LogP contribution in [0.4, 0.5) is 0 Å². The molecule has 1 aliphatic carbocycles. The van der Waals surface area contributed by atoms with Gasteiger partial charge in [-0.1, -0.05) is 52.9 Å². The van der Waals surface area contributed by atoms with Gasteiger partial charge in [-0.3, -0.25) is 4.79 Å². The third kappa shape index (κ3) is 4.01. The van der Waals surface area contributed by atoms with Crippen LogP contribution in [0.5, 0.6) is 0 Å². The lowest BCUT2D eigenvalue weighted by atomic mass is 9.66. The lowest BCUT2D eigenvalue weighted by molar-refractivity contribution is -0.153. The van der Waals surface area contributed by atoms with Crippen LogP contribution in [-0.2, 0) is 4.79 Å². The summed E-state index contributed by atoms with van der Waals surface area (Å²) in [5.41, 5.74) is -0.395. The number of carbonyl (C=O) groups is 1. The van der Waals surface area contributed by atoms with Gasteiger partial charge in [0.05, 0.1) is 5.41 Å². The van der Waals surface area contributed by atoms with E-state index in [9.17, 15) is 9.90 Å². The molecule has 0 aliphatic heterocycles. The van der Waals surface area contributed by atoms with Gasteiger partial charge in [0.25, 0.3) is 0 Å². The highest BCUT2D eigenvalue weighted by Crippen LogP contribution is 2.44. The number of hydrogen-bond acceptors (Lipinski definition) is 1. The zero-order valence-electron chi connectivity index (χ0n) is 11.7. The Labute approximate surface area is 106 Å². The molecule has 100 valence electrons. The van der Waals surface area contributed by atoms with Crippen LogP contribution in [0.1, 0.15) is 72.1 Å². The summed E-state index contributed by atoms with van der Waals surface area (Å²) >= 11 is 0. The Morgan fingerprint density at radius 1 is 1.47 bits per heavy atom. The lowest BCUT2D eigenvalue weighted by Crippen LogP contribution is -2.36. The molecule has 0 heterocycles. The van der Waals surface area contributed by atoms with Crippen LogP contribution in [0.25, 0.3) is 0 Å². The van der Waals surface area contributed by atoms with Crippen molar-refractivity contribution in [1.82, 2.24) is 0 Å². The summed E-state index contributed by atoms with van der Waals surface area (Å²) in [4.78, 5) is 11.6. The molecule has 1 saturated carbocycles. The molecule has 1 N–H and O–H groups in total. The molecular weight excluding hydrogens is 212 g/mol. The average Bonchev–Trinajstić information content (AvgIpc) is 2.28. The van der Waals surface area contributed by atoms with Crippen LogP contribution in [-0.4, -0.2) is 11.1 Å². The Kier molecular flexibility index (Phi) is 5.48. The lowest BCUT2D eigenvalue weighted by Gasteiger charge is -2.37. The smallest absolute Gasteiger partial charge is 0.309 e. The van der Waals surface area contributed by atoms with Crippen molar-refractivity contribution in [1.29, 1.82) is 0 Å². The molecule has 0 aromatic carbocycles. The second-order valence-corrected chi connectivity index (χ2v) is 6.24. The van der Waals surface area contributed by atoms with Crippen LogP contribution in [0.15, 0.2) is 0 Å². The van der Waals surface area contributed by atoms with Gasteiger partial charge in [-0.25, -0.2) is 0 Å². The Bertz CT molecular complexity index is 247. The summed E-state index contributed by atoms with van der Waals surface area (Å²) in [7, 11) is 0. The first-order valence-electron chi connectivity index (χ1n) is 7.23. The predicted molar refractivity (Wildman–Crippen MR) is 71.0 cm³/mol. The first-order valence-corrected chi connectivity index (χ1v) is 7.23. The van der Waals surface area contributed by atoms with Crippen LogP contribution in [0, 0.1) is 17.3 Å². The maximum Gasteiger partial charge on any atom is 0.309 e. The molecule has 1 fully saturated rings. The number of carboxylic acid groups (broad SMARTS) is 1. The van der Waals surface area contributed by atoms with Crippen molar-refractivity contribution in [2.24, 2.45) is 17.3 Å². The number of hydrogen-bond donors (Lipinski definition) is 1. The zero-order valence-corrected chi connectivity index (χ0v) is 11.7. The predicted octanol–water partition coefficient (Wildman–Crippen LogP) is 4.48. The van der Waals surface area contributed by atoms with Crippen LogP contribution in [0.2, 0.25) is 0 Å². The first kappa shape index (κ1) is 14.5. The largest absolute Gasteiger partial charge is 0.481 e. The normalized spacial score (nSPS) is 29.5. The molecule has 17 heavy (non-hydrogen) atoms. The maximum absolute atomic E-state index is 11.6. The maximum atomic E-state index is 11.6. The first-order chi connectivity index (χ1) is 8.00. The highest BCUT2D eigenvalue weighted by molar-refractivity contribution is 5.74. The summed E-state index contributed by atoms with van der Waals surface area (Å²) in [6.45, 7) is 6.61. The van der Waals surface area contributed by atoms with E-state index >= 15 is 0 Å². The summed E-state index contributed by atoms with van der Waals surface area (Å²) in [5, 5.41) is 9.57. The van der Waals surface area contributed by atoms with E-state index in [1.54, 1.807) is 0 Å². The molecule has 0 saturated heterocycles. The van der Waals surface area contributed by atoms with Crippen molar-refractivity contribution in [2.45, 2.75) is 72.1 Å². The fourth-order valence-electron chi connectivity index (χ4n) is 3.21. The van der Waals surface area contributed by atoms with E-state index in [4.69, 9.17) is 0 Å². The molecule has 2 heteroatoms. The van der Waals surface area contributed by atoms with E-state index < -0.39 is 11.4 Å². The van der Waals surface area contributed by atoms with E-state index in [2.05, 4.69) is 20.8 Å². The minimum Gasteiger partial charge on any atom is -0.481 e. The van der Waals surface area contributed by atoms with Crippen LogP contribution >= 0.6 is 0 Å². The number of rotatable bonds is 6. The molecule has 0 bridgehead atoms. The van der Waals surface area contributed by atoms with Gasteiger partial charge < -0.3 is 5.11 Å². The molecule has 0 radical (unpaired) electrons. The molecule has 1 aliphatic rings. The Balaban J connectivity index is 2.58. The Morgan fingerprint density at radius 2 is 2.18 bits per heavy atom. The van der Waals surface area contributed by atoms with Gasteiger partial charge in [0.15, 0.2) is 0 Å². The van der Waals surface area contributed by atoms with Crippen molar-refractivity contribution in [3.05, 3.63) is 0 Å². The van der Waals surface area contributed by atoms with Crippen molar-refractivity contribution in [2.75, 3.05) is 0 Å². The summed E-state index contributed by atoms with van der Waals surface area (Å²) < 4.78 is 0. The zero-order chi connectivity index (χ0) is 12.9. The molecule has 0 aromatic rings. The number of carboxylic acids is 1. The monoisotopic (exact) mass is 240 g/mol. The molecule has 2 unspecified atom stereocenters. The molecule has 1 rings (SSSR count). The van der Waals surface area contributed by atoms with Crippen molar-refractivity contribution < 1.29 is 9.90 Å². The Morgan fingerprint density at radius 3 is 2.71 bits per heavy atom.